The van der Waals surface area contributed by atoms with Crippen LogP contribution in [0.5, 0.6) is 0 Å². The maximum atomic E-state index is 14.3. The highest BCUT2D eigenvalue weighted by molar-refractivity contribution is 6.30. The molecule has 5 aromatic rings. The lowest BCUT2D eigenvalue weighted by Crippen LogP contribution is -2.30. The van der Waals surface area contributed by atoms with Gasteiger partial charge >= 0.3 is 6.18 Å². The molecule has 0 fully saturated rings. The van der Waals surface area contributed by atoms with Gasteiger partial charge in [-0.15, -0.1) is 10.2 Å². The lowest BCUT2D eigenvalue weighted by Gasteiger charge is -2.19. The molecule has 0 aliphatic heterocycles. The third-order valence-electron chi connectivity index (χ3n) is 6.38. The van der Waals surface area contributed by atoms with Crippen molar-refractivity contribution in [3.8, 4) is 28.3 Å². The van der Waals surface area contributed by atoms with E-state index in [1.165, 1.54) is 29.3 Å². The summed E-state index contributed by atoms with van der Waals surface area (Å²) in [5, 5.41) is 18.4. The third-order valence-corrected chi connectivity index (χ3v) is 6.64. The summed E-state index contributed by atoms with van der Waals surface area (Å²) in [5.74, 6) is 0.314. The van der Waals surface area contributed by atoms with E-state index in [0.717, 1.165) is 6.07 Å². The molecule has 0 N–H and O–H groups in total. The van der Waals surface area contributed by atoms with Crippen LogP contribution in [0.2, 0.25) is 5.02 Å². The Balaban J connectivity index is 1.83. The number of nitrogens with zero attached hydrogens (tertiary/aromatic N) is 6. The lowest BCUT2D eigenvalue weighted by molar-refractivity contribution is -0.141. The van der Waals surface area contributed by atoms with Gasteiger partial charge in [-0.3, -0.25) is 4.79 Å². The number of nitriles is 1. The van der Waals surface area contributed by atoms with Crippen molar-refractivity contribution in [2.24, 2.45) is 0 Å². The minimum Gasteiger partial charge on any atom is -0.377 e. The number of alkyl halides is 3. The van der Waals surface area contributed by atoms with Crippen molar-refractivity contribution in [1.82, 2.24) is 24.4 Å². The highest BCUT2D eigenvalue weighted by Gasteiger charge is 2.33. The number of benzene rings is 2. The van der Waals surface area contributed by atoms with Crippen LogP contribution >= 0.6 is 11.6 Å². The van der Waals surface area contributed by atoms with Crippen molar-refractivity contribution < 1.29 is 17.9 Å². The molecule has 0 spiro atoms. The van der Waals surface area contributed by atoms with Gasteiger partial charge in [0, 0.05) is 23.4 Å². The van der Waals surface area contributed by atoms with Gasteiger partial charge < -0.3 is 4.74 Å². The molecule has 12 heteroatoms. The third kappa shape index (κ3) is 4.95. The van der Waals surface area contributed by atoms with E-state index in [1.807, 2.05) is 0 Å². The van der Waals surface area contributed by atoms with Gasteiger partial charge in [-0.2, -0.15) is 18.4 Å². The fourth-order valence-electron chi connectivity index (χ4n) is 4.47. The van der Waals surface area contributed by atoms with Crippen LogP contribution < -0.4 is 5.56 Å². The van der Waals surface area contributed by atoms with Crippen molar-refractivity contribution in [1.29, 1.82) is 5.26 Å². The summed E-state index contributed by atoms with van der Waals surface area (Å²) >= 11 is 6.13. The molecule has 3 heterocycles. The molecule has 40 heavy (non-hydrogen) atoms. The first kappa shape index (κ1) is 27.1. The van der Waals surface area contributed by atoms with E-state index in [4.69, 9.17) is 16.3 Å². The molecule has 202 valence electrons. The number of aromatic nitrogens is 5. The van der Waals surface area contributed by atoms with Crippen molar-refractivity contribution in [2.45, 2.75) is 26.3 Å². The monoisotopic (exact) mass is 564 g/mol. The van der Waals surface area contributed by atoms with E-state index in [0.29, 0.717) is 44.3 Å². The topological polar surface area (TPSA) is 98.1 Å². The Morgan fingerprint density at radius 2 is 1.62 bits per heavy atom. The Bertz CT molecular complexity index is 1820. The van der Waals surface area contributed by atoms with E-state index >= 15 is 0 Å². The van der Waals surface area contributed by atoms with Gasteiger partial charge in [0.05, 0.1) is 23.7 Å². The van der Waals surface area contributed by atoms with Crippen molar-refractivity contribution in [3.63, 3.8) is 0 Å². The molecule has 0 unspecified atom stereocenters. The minimum absolute atomic E-state index is 0.0150. The number of halogens is 4. The standard InChI is InChI=1S/C28H20ClF3N6O2/c1-16-20(9-12-22(34-16)28(30,31)32)14-37-27(39)25(19-5-3-17(13-33)4-6-19)24(18-7-10-21(29)11-8-18)26-36-35-23(15-40-2)38(26)37/h3-12H,14-15H2,1-2H3. The molecule has 8 nitrogen and oxygen atoms in total. The first-order valence-corrected chi connectivity index (χ1v) is 12.3. The highest BCUT2D eigenvalue weighted by Crippen LogP contribution is 2.34. The molecule has 0 aliphatic rings. The number of pyridine rings is 1. The van der Waals surface area contributed by atoms with E-state index < -0.39 is 17.4 Å². The molecule has 0 saturated heterocycles. The summed E-state index contributed by atoms with van der Waals surface area (Å²) in [6.45, 7) is 1.35. The summed E-state index contributed by atoms with van der Waals surface area (Å²) in [5.41, 5.74) is 1.68. The fraction of sp³-hybridized carbons (Fsp3) is 0.179. The molecule has 5 rings (SSSR count). The quantitative estimate of drug-likeness (QED) is 0.264. The summed E-state index contributed by atoms with van der Waals surface area (Å²) < 4.78 is 47.9. The summed E-state index contributed by atoms with van der Waals surface area (Å²) in [6, 6.07) is 17.6. The lowest BCUT2D eigenvalue weighted by atomic mass is 9.96. The van der Waals surface area contributed by atoms with E-state index in [-0.39, 0.29) is 24.4 Å². The van der Waals surface area contributed by atoms with Gasteiger partial charge in [0.1, 0.15) is 12.3 Å². The molecule has 0 saturated carbocycles. The summed E-state index contributed by atoms with van der Waals surface area (Å²) in [4.78, 5) is 18.1. The average molecular weight is 565 g/mol. The minimum atomic E-state index is -4.60. The van der Waals surface area contributed by atoms with Crippen LogP contribution in [0.1, 0.15) is 28.3 Å². The summed E-state index contributed by atoms with van der Waals surface area (Å²) in [7, 11) is 1.47. The fourth-order valence-corrected chi connectivity index (χ4v) is 4.59. The van der Waals surface area contributed by atoms with Crippen molar-refractivity contribution >= 4 is 17.2 Å². The van der Waals surface area contributed by atoms with Crippen LogP contribution in [-0.2, 0) is 24.1 Å². The molecule has 0 aliphatic carbocycles. The zero-order valence-electron chi connectivity index (χ0n) is 21.2. The van der Waals surface area contributed by atoms with Crippen molar-refractivity contribution in [2.75, 3.05) is 7.11 Å². The SMILES string of the molecule is COCc1nnc2c(-c3ccc(Cl)cc3)c(-c3ccc(C#N)cc3)c(=O)n(Cc3ccc(C(F)(F)F)nc3C)n12. The average Bonchev–Trinajstić information content (AvgIpc) is 3.34. The normalized spacial score (nSPS) is 11.6. The molecular formula is C28H20ClF3N6O2. The predicted octanol–water partition coefficient (Wildman–Crippen LogP) is 5.67. The van der Waals surface area contributed by atoms with Gasteiger partial charge in [0.2, 0.25) is 0 Å². The molecule has 0 atom stereocenters. The van der Waals surface area contributed by atoms with Crippen molar-refractivity contribution in [3.05, 3.63) is 104 Å². The molecule has 0 bridgehead atoms. The summed E-state index contributed by atoms with van der Waals surface area (Å²) in [6.07, 6.45) is -4.60. The number of fused-ring (bicyclic) bond motifs is 1. The van der Waals surface area contributed by atoms with Crippen LogP contribution in [0.25, 0.3) is 27.9 Å². The Morgan fingerprint density at radius 3 is 2.23 bits per heavy atom. The largest absolute Gasteiger partial charge is 0.433 e. The smallest absolute Gasteiger partial charge is 0.377 e. The maximum absolute atomic E-state index is 14.3. The number of hydrogen-bond donors (Lipinski definition) is 0. The first-order chi connectivity index (χ1) is 19.1. The van der Waals surface area contributed by atoms with Crippen LogP contribution in [0.15, 0.2) is 65.5 Å². The van der Waals surface area contributed by atoms with Gasteiger partial charge in [-0.25, -0.2) is 14.2 Å². The van der Waals surface area contributed by atoms with Gasteiger partial charge in [-0.05, 0) is 53.9 Å². The highest BCUT2D eigenvalue weighted by atomic mass is 35.5. The van der Waals surface area contributed by atoms with Gasteiger partial charge in [0.25, 0.3) is 5.56 Å². The van der Waals surface area contributed by atoms with E-state index in [1.54, 1.807) is 48.5 Å². The Labute approximate surface area is 230 Å². The molecule has 0 radical (unpaired) electrons. The molecule has 3 aromatic heterocycles. The van der Waals surface area contributed by atoms with E-state index in [2.05, 4.69) is 21.3 Å². The Hall–Kier alpha value is -4.53. The second kappa shape index (κ2) is 10.6. The molecular weight excluding hydrogens is 545 g/mol. The predicted molar refractivity (Wildman–Crippen MR) is 142 cm³/mol. The molecule has 0 amide bonds. The number of aryl methyl sites for hydroxylation is 1. The second-order valence-electron chi connectivity index (χ2n) is 8.93. The Morgan fingerprint density at radius 1 is 0.975 bits per heavy atom. The number of rotatable bonds is 6. The van der Waals surface area contributed by atoms with Crippen LogP contribution in [0.4, 0.5) is 13.2 Å². The Kier molecular flexibility index (Phi) is 7.14. The van der Waals surface area contributed by atoms with Crippen LogP contribution in [0.3, 0.4) is 0 Å². The zero-order chi connectivity index (χ0) is 28.6. The molecule has 2 aromatic carbocycles. The first-order valence-electron chi connectivity index (χ1n) is 11.9. The van der Waals surface area contributed by atoms with Crippen LogP contribution in [-0.4, -0.2) is 31.5 Å². The second-order valence-corrected chi connectivity index (χ2v) is 9.37. The number of methoxy groups -OCH3 is 1. The number of hydrogen-bond acceptors (Lipinski definition) is 6. The maximum Gasteiger partial charge on any atom is 0.433 e. The van der Waals surface area contributed by atoms with Crippen LogP contribution in [0, 0.1) is 18.3 Å². The zero-order valence-corrected chi connectivity index (χ0v) is 22.0. The van der Waals surface area contributed by atoms with Gasteiger partial charge in [0.15, 0.2) is 11.5 Å². The number of ether oxygens (including phenoxy) is 1. The van der Waals surface area contributed by atoms with Gasteiger partial charge in [-0.1, -0.05) is 41.9 Å². The van der Waals surface area contributed by atoms with E-state index in [9.17, 15) is 23.2 Å².